The topological polar surface area (TPSA) is 409 Å². The number of aliphatic carboxylic acids is 2. The maximum absolute atomic E-state index is 14.6. The molecule has 1 saturated heterocycles. The van der Waals surface area contributed by atoms with Crippen molar-refractivity contribution < 1.29 is 58.5 Å². The molecule has 0 unspecified atom stereocenters. The third kappa shape index (κ3) is 18.7. The Balaban J connectivity index is 1.59. The Kier molecular flexibility index (Phi) is 23.0. The minimum absolute atomic E-state index is 0.00179. The maximum atomic E-state index is 14.6. The highest BCUT2D eigenvalue weighted by molar-refractivity contribution is 5.98. The van der Waals surface area contributed by atoms with Crippen molar-refractivity contribution in [2.45, 2.75) is 134 Å². The number of amides is 7. The number of carboxylic acids is 2. The van der Waals surface area contributed by atoms with Gasteiger partial charge in [-0.3, -0.25) is 43.3 Å². The SMILES string of the molecule is CC[C@H](C)[C@H](NC(=O)[C@H](Cc1ccc(O)cc1)NC(=O)[C@@H](NC(=O)[C@H](CCCN=C(N)N)NC(=O)C[C@H](N)C(=O)O)C(C)C)C(=O)N[C@@H](Cc1cnc[nH]1)C(=O)N1CCC[C@H]1C(=O)N[C@@H](Cc1ccccc1)C(=O)O. The molecule has 2 aromatic carbocycles. The first-order chi connectivity index (χ1) is 35.6. The molecule has 7 amide bonds. The number of aliphatic imine (C=N–C) groups is 1. The van der Waals surface area contributed by atoms with Crippen LogP contribution in [0, 0.1) is 11.8 Å². The van der Waals surface area contributed by atoms with Crippen LogP contribution in [0.15, 0.2) is 72.1 Å². The predicted molar refractivity (Wildman–Crippen MR) is 273 cm³/mol. The molecule has 2 heterocycles. The number of nitrogens with zero attached hydrogens (tertiary/aromatic N) is 3. The number of aromatic nitrogens is 2. The van der Waals surface area contributed by atoms with Crippen LogP contribution in [0.3, 0.4) is 0 Å². The number of guanidine groups is 1. The largest absolute Gasteiger partial charge is 0.508 e. The minimum atomic E-state index is -1.56. The van der Waals surface area contributed by atoms with Gasteiger partial charge < -0.3 is 74.3 Å². The van der Waals surface area contributed by atoms with Crippen molar-refractivity contribution in [3.63, 3.8) is 0 Å². The number of carbonyl (C=O) groups is 9. The number of nitrogens with two attached hydrogens (primary N) is 3. The zero-order chi connectivity index (χ0) is 55.4. The number of H-pyrrole nitrogens is 1. The first-order valence-electron chi connectivity index (χ1n) is 24.8. The Labute approximate surface area is 434 Å². The van der Waals surface area contributed by atoms with Crippen molar-refractivity contribution in [3.8, 4) is 5.75 Å². The Bertz CT molecular complexity index is 2450. The van der Waals surface area contributed by atoms with E-state index in [1.54, 1.807) is 58.0 Å². The summed E-state index contributed by atoms with van der Waals surface area (Å²) in [4.78, 5) is 134. The Hall–Kier alpha value is -8.09. The Morgan fingerprint density at radius 3 is 1.96 bits per heavy atom. The van der Waals surface area contributed by atoms with Gasteiger partial charge in [0.05, 0.1) is 12.7 Å². The van der Waals surface area contributed by atoms with Gasteiger partial charge in [-0.25, -0.2) is 9.78 Å². The summed E-state index contributed by atoms with van der Waals surface area (Å²) >= 11 is 0. The molecule has 25 heteroatoms. The summed E-state index contributed by atoms with van der Waals surface area (Å²) in [6, 6.07) is 3.95. The van der Waals surface area contributed by atoms with Crippen molar-refractivity contribution in [1.82, 2.24) is 46.8 Å². The van der Waals surface area contributed by atoms with Gasteiger partial charge in [0.1, 0.15) is 54.1 Å². The molecule has 16 N–H and O–H groups in total. The summed E-state index contributed by atoms with van der Waals surface area (Å²) in [7, 11) is 0. The quantitative estimate of drug-likeness (QED) is 0.0218. The van der Waals surface area contributed by atoms with Crippen LogP contribution >= 0.6 is 0 Å². The summed E-state index contributed by atoms with van der Waals surface area (Å²) in [6.45, 7) is 6.92. The molecular weight excluding hydrogens is 975 g/mol. The lowest BCUT2D eigenvalue weighted by molar-refractivity contribution is -0.145. The monoisotopic (exact) mass is 1050 g/mol. The lowest BCUT2D eigenvalue weighted by Crippen LogP contribution is -2.62. The highest BCUT2D eigenvalue weighted by Gasteiger charge is 2.41. The number of carbonyl (C=O) groups excluding carboxylic acids is 7. The molecule has 1 aliphatic heterocycles. The molecule has 75 heavy (non-hydrogen) atoms. The second-order valence-electron chi connectivity index (χ2n) is 18.9. The average molecular weight is 1050 g/mol. The molecule has 1 fully saturated rings. The van der Waals surface area contributed by atoms with E-state index >= 15 is 0 Å². The molecular formula is C50H71N13O12. The van der Waals surface area contributed by atoms with Crippen LogP contribution in [0.25, 0.3) is 0 Å². The van der Waals surface area contributed by atoms with Crippen LogP contribution in [-0.2, 0) is 62.4 Å². The highest BCUT2D eigenvalue weighted by Crippen LogP contribution is 2.21. The van der Waals surface area contributed by atoms with E-state index in [4.69, 9.17) is 17.2 Å². The van der Waals surface area contributed by atoms with Crippen LogP contribution in [0.5, 0.6) is 5.75 Å². The maximum Gasteiger partial charge on any atom is 0.326 e. The molecule has 0 radical (unpaired) electrons. The fraction of sp³-hybridized carbons (Fsp3) is 0.500. The molecule has 0 saturated carbocycles. The summed E-state index contributed by atoms with van der Waals surface area (Å²) in [5.41, 5.74) is 18.0. The molecule has 0 bridgehead atoms. The molecule has 9 atom stereocenters. The van der Waals surface area contributed by atoms with Crippen molar-refractivity contribution in [1.29, 1.82) is 0 Å². The molecule has 3 aromatic rings. The Morgan fingerprint density at radius 1 is 0.747 bits per heavy atom. The molecule has 0 aliphatic carbocycles. The van der Waals surface area contributed by atoms with Crippen LogP contribution < -0.4 is 49.1 Å². The smallest absolute Gasteiger partial charge is 0.326 e. The van der Waals surface area contributed by atoms with Gasteiger partial charge in [0.25, 0.3) is 0 Å². The number of nitrogens with one attached hydrogen (secondary N) is 7. The van der Waals surface area contributed by atoms with Gasteiger partial charge >= 0.3 is 11.9 Å². The van der Waals surface area contributed by atoms with E-state index in [9.17, 15) is 58.5 Å². The summed E-state index contributed by atoms with van der Waals surface area (Å²) in [5.74, 6) is -9.61. The van der Waals surface area contributed by atoms with E-state index in [1.807, 2.05) is 0 Å². The minimum Gasteiger partial charge on any atom is -0.508 e. The lowest BCUT2D eigenvalue weighted by atomic mass is 9.96. The third-order valence-corrected chi connectivity index (χ3v) is 12.7. The molecule has 0 spiro atoms. The van der Waals surface area contributed by atoms with E-state index in [1.165, 1.54) is 41.7 Å². The van der Waals surface area contributed by atoms with Crippen molar-refractivity contribution in [2.24, 2.45) is 34.0 Å². The number of carboxylic acid groups (broad SMARTS) is 2. The number of phenolic OH excluding ortho intramolecular Hbond substituents is 1. The number of imidazole rings is 1. The molecule has 408 valence electrons. The van der Waals surface area contributed by atoms with Gasteiger partial charge in [-0.1, -0.05) is 76.6 Å². The van der Waals surface area contributed by atoms with Gasteiger partial charge in [-0.05, 0) is 60.8 Å². The molecule has 1 aromatic heterocycles. The second-order valence-corrected chi connectivity index (χ2v) is 18.9. The third-order valence-electron chi connectivity index (χ3n) is 12.7. The van der Waals surface area contributed by atoms with Crippen molar-refractivity contribution in [3.05, 3.63) is 83.9 Å². The van der Waals surface area contributed by atoms with Crippen molar-refractivity contribution in [2.75, 3.05) is 13.1 Å². The first kappa shape index (κ1) is 59.5. The molecule has 4 rings (SSSR count). The number of benzene rings is 2. The number of hydrogen-bond donors (Lipinski definition) is 13. The summed E-state index contributed by atoms with van der Waals surface area (Å²) < 4.78 is 0. The number of aromatic amines is 1. The molecule has 25 nitrogen and oxygen atoms in total. The van der Waals surface area contributed by atoms with E-state index < -0.39 is 120 Å². The van der Waals surface area contributed by atoms with Crippen LogP contribution in [0.4, 0.5) is 0 Å². The highest BCUT2D eigenvalue weighted by atomic mass is 16.4. The van der Waals surface area contributed by atoms with E-state index in [0.717, 1.165) is 0 Å². The van der Waals surface area contributed by atoms with Gasteiger partial charge in [0, 0.05) is 44.2 Å². The summed E-state index contributed by atoms with van der Waals surface area (Å²) in [5, 5.41) is 45.2. The summed E-state index contributed by atoms with van der Waals surface area (Å²) in [6.07, 6.45) is 3.03. The number of rotatable bonds is 29. The number of aromatic hydroxyl groups is 1. The van der Waals surface area contributed by atoms with Crippen LogP contribution in [0.2, 0.25) is 0 Å². The fourth-order valence-electron chi connectivity index (χ4n) is 8.29. The zero-order valence-corrected chi connectivity index (χ0v) is 42.5. The normalized spacial score (nSPS) is 16.3. The van der Waals surface area contributed by atoms with Crippen LogP contribution in [0.1, 0.15) is 83.0 Å². The van der Waals surface area contributed by atoms with Crippen molar-refractivity contribution >= 4 is 59.2 Å². The number of likely N-dealkylation sites (tertiary alicyclic amines) is 1. The molecule has 1 aliphatic rings. The van der Waals surface area contributed by atoms with Gasteiger partial charge in [-0.15, -0.1) is 0 Å². The fourth-order valence-corrected chi connectivity index (χ4v) is 8.29. The van der Waals surface area contributed by atoms with Gasteiger partial charge in [-0.2, -0.15) is 0 Å². The lowest BCUT2D eigenvalue weighted by Gasteiger charge is -2.32. The van der Waals surface area contributed by atoms with Gasteiger partial charge in [0.2, 0.25) is 41.4 Å². The van der Waals surface area contributed by atoms with Crippen LogP contribution in [-0.4, -0.2) is 151 Å². The van der Waals surface area contributed by atoms with Gasteiger partial charge in [0.15, 0.2) is 5.96 Å². The van der Waals surface area contributed by atoms with E-state index in [0.29, 0.717) is 29.7 Å². The zero-order valence-electron chi connectivity index (χ0n) is 42.5. The Morgan fingerprint density at radius 2 is 1.36 bits per heavy atom. The number of phenols is 1. The van der Waals surface area contributed by atoms with E-state index in [2.05, 4.69) is 46.9 Å². The first-order valence-corrected chi connectivity index (χ1v) is 24.8. The average Bonchev–Trinajstić information content (AvgIpc) is 4.08. The second kappa shape index (κ2) is 29.0. The standard InChI is InChI=1S/C50H71N13O12/c1-5-28(4)41(46(70)59-36(23-31-25-54-26-56-31)47(71)63-20-10-14-38(63)44(68)60-37(49(74)75)22-29-11-7-6-8-12-29)62-43(67)35(21-30-15-17-32(64)18-16-30)58-45(69)40(27(2)3)61-42(66)34(13-9-19-55-50(52)53)57-39(65)24-33(51)48(72)73/h6-8,11-12,15-18,25-28,33-38,40-41,64H,5,9-10,13-14,19-24,51H2,1-4H3,(H,54,56)(H,57,65)(H,58,69)(H,59,70)(H,60,68)(H,61,66)(H,62,67)(H,72,73)(H,74,75)(H4,52,53,55)/t28-,33-,34-,35-,36-,37-,38-,40-,41-/m0/s1. The number of hydrogen-bond acceptors (Lipinski definition) is 13. The van der Waals surface area contributed by atoms with E-state index in [-0.39, 0.29) is 63.3 Å². The predicted octanol–water partition coefficient (Wildman–Crippen LogP) is -1.31.